The van der Waals surface area contributed by atoms with Crippen molar-refractivity contribution in [2.24, 2.45) is 0 Å². The van der Waals surface area contributed by atoms with Gasteiger partial charge < -0.3 is 10.2 Å². The van der Waals surface area contributed by atoms with Gasteiger partial charge in [0, 0.05) is 31.2 Å². The summed E-state index contributed by atoms with van der Waals surface area (Å²) in [5, 5.41) is 21.3. The lowest BCUT2D eigenvalue weighted by atomic mass is 9.90. The monoisotopic (exact) mass is 286 g/mol. The van der Waals surface area contributed by atoms with Crippen molar-refractivity contribution in [2.45, 2.75) is 38.5 Å². The Bertz CT molecular complexity index is 654. The lowest BCUT2D eigenvalue weighted by Gasteiger charge is -2.40. The van der Waals surface area contributed by atoms with E-state index in [1.54, 1.807) is 6.92 Å². The minimum atomic E-state index is -0.965. The van der Waals surface area contributed by atoms with Crippen LogP contribution in [0.4, 0.5) is 0 Å². The van der Waals surface area contributed by atoms with E-state index >= 15 is 0 Å². The van der Waals surface area contributed by atoms with Crippen LogP contribution in [0, 0.1) is 6.92 Å². The molecule has 3 rings (SSSR count). The number of piperidine rings is 1. The number of aryl methyl sites for hydroxylation is 1. The van der Waals surface area contributed by atoms with Crippen LogP contribution in [-0.4, -0.2) is 44.9 Å². The second kappa shape index (κ2) is 5.37. The predicted molar refractivity (Wildman–Crippen MR) is 83.0 cm³/mol. The smallest absolute Gasteiger partial charge is 0.0951 e. The first kappa shape index (κ1) is 14.4. The summed E-state index contributed by atoms with van der Waals surface area (Å²) in [5.74, 6) is 0. The molecule has 4 heteroatoms. The molecule has 1 aliphatic rings. The third-order valence-electron chi connectivity index (χ3n) is 4.54. The maximum absolute atomic E-state index is 10.0. The first-order valence-corrected chi connectivity index (χ1v) is 7.43. The number of benzene rings is 1. The standard InChI is InChI=1S/C17H22N2O2/c1-12-5-6-13(14-4-3-8-18-16(12)14)10-19-9-7-17(2,21)15(20)11-19/h3-6,8,15,20-21H,7,9-11H2,1-2H3/t15-,17+/m1/s1. The van der Waals surface area contributed by atoms with E-state index in [1.165, 1.54) is 16.5 Å². The maximum Gasteiger partial charge on any atom is 0.0951 e. The molecule has 2 aromatic rings. The van der Waals surface area contributed by atoms with Crippen molar-refractivity contribution in [1.82, 2.24) is 9.88 Å². The Morgan fingerprint density at radius 1 is 1.38 bits per heavy atom. The molecule has 0 spiro atoms. The minimum absolute atomic E-state index is 0.503. The predicted octanol–water partition coefficient (Wildman–Crippen LogP) is 1.86. The van der Waals surface area contributed by atoms with Crippen LogP contribution >= 0.6 is 0 Å². The molecule has 1 aromatic carbocycles. The molecule has 1 fully saturated rings. The van der Waals surface area contributed by atoms with Crippen LogP contribution in [0.1, 0.15) is 24.5 Å². The SMILES string of the molecule is Cc1ccc(CN2CC[C@](C)(O)[C@H](O)C2)c2cccnc12. The van der Waals surface area contributed by atoms with Crippen LogP contribution in [0.5, 0.6) is 0 Å². The van der Waals surface area contributed by atoms with Gasteiger partial charge in [-0.15, -0.1) is 0 Å². The Morgan fingerprint density at radius 3 is 2.95 bits per heavy atom. The van der Waals surface area contributed by atoms with Gasteiger partial charge in [-0.25, -0.2) is 0 Å². The number of hydrogen-bond acceptors (Lipinski definition) is 4. The number of rotatable bonds is 2. The van der Waals surface area contributed by atoms with E-state index in [1.807, 2.05) is 12.3 Å². The molecule has 0 bridgehead atoms. The highest BCUT2D eigenvalue weighted by Crippen LogP contribution is 2.26. The van der Waals surface area contributed by atoms with Crippen molar-refractivity contribution in [2.75, 3.05) is 13.1 Å². The van der Waals surface area contributed by atoms with E-state index in [2.05, 4.69) is 35.0 Å². The number of β-amino-alcohol motifs (C(OH)–C–C–N with tert-alkyl or cyclic N) is 1. The second-order valence-corrected chi connectivity index (χ2v) is 6.30. The molecular weight excluding hydrogens is 264 g/mol. The van der Waals surface area contributed by atoms with Crippen molar-refractivity contribution in [3.8, 4) is 0 Å². The number of hydrogen-bond donors (Lipinski definition) is 2. The Morgan fingerprint density at radius 2 is 2.19 bits per heavy atom. The molecule has 2 N–H and O–H groups in total. The summed E-state index contributed by atoms with van der Waals surface area (Å²) in [5.41, 5.74) is 2.47. The fourth-order valence-electron chi connectivity index (χ4n) is 2.98. The van der Waals surface area contributed by atoms with Gasteiger partial charge in [-0.05, 0) is 37.5 Å². The van der Waals surface area contributed by atoms with Crippen molar-refractivity contribution in [3.63, 3.8) is 0 Å². The van der Waals surface area contributed by atoms with Gasteiger partial charge in [-0.2, -0.15) is 0 Å². The molecule has 0 aliphatic carbocycles. The third-order valence-corrected chi connectivity index (χ3v) is 4.54. The molecule has 21 heavy (non-hydrogen) atoms. The summed E-state index contributed by atoms with van der Waals surface area (Å²) in [7, 11) is 0. The fraction of sp³-hybridized carbons (Fsp3) is 0.471. The zero-order chi connectivity index (χ0) is 15.0. The zero-order valence-electron chi connectivity index (χ0n) is 12.6. The van der Waals surface area contributed by atoms with Gasteiger partial charge in [-0.3, -0.25) is 9.88 Å². The number of fused-ring (bicyclic) bond motifs is 1. The Hall–Kier alpha value is -1.49. The molecule has 112 valence electrons. The molecule has 2 atom stereocenters. The van der Waals surface area contributed by atoms with Gasteiger partial charge in [0.25, 0.3) is 0 Å². The molecular formula is C17H22N2O2. The summed E-state index contributed by atoms with van der Waals surface area (Å²) in [4.78, 5) is 6.66. The van der Waals surface area contributed by atoms with E-state index in [0.29, 0.717) is 13.0 Å². The Balaban J connectivity index is 1.85. The summed E-state index contributed by atoms with van der Waals surface area (Å²) in [6, 6.07) is 8.29. The van der Waals surface area contributed by atoms with Gasteiger partial charge in [0.2, 0.25) is 0 Å². The van der Waals surface area contributed by atoms with Crippen molar-refractivity contribution >= 4 is 10.9 Å². The topological polar surface area (TPSA) is 56.6 Å². The fourth-order valence-corrected chi connectivity index (χ4v) is 2.98. The Kier molecular flexibility index (Phi) is 3.69. The highest BCUT2D eigenvalue weighted by Gasteiger charge is 2.36. The number of nitrogens with zero attached hydrogens (tertiary/aromatic N) is 2. The number of aliphatic hydroxyl groups is 2. The van der Waals surface area contributed by atoms with Gasteiger partial charge >= 0.3 is 0 Å². The van der Waals surface area contributed by atoms with Gasteiger partial charge in [0.1, 0.15) is 0 Å². The maximum atomic E-state index is 10.0. The molecule has 0 saturated carbocycles. The van der Waals surface area contributed by atoms with Crippen LogP contribution in [0.3, 0.4) is 0 Å². The number of likely N-dealkylation sites (tertiary alicyclic amines) is 1. The molecule has 2 heterocycles. The van der Waals surface area contributed by atoms with Gasteiger partial charge in [-0.1, -0.05) is 18.2 Å². The molecule has 0 amide bonds. The van der Waals surface area contributed by atoms with Crippen molar-refractivity contribution in [1.29, 1.82) is 0 Å². The van der Waals surface area contributed by atoms with Gasteiger partial charge in [0.05, 0.1) is 17.2 Å². The van der Waals surface area contributed by atoms with E-state index in [4.69, 9.17) is 0 Å². The third kappa shape index (κ3) is 2.79. The number of pyridine rings is 1. The summed E-state index contributed by atoms with van der Waals surface area (Å²) < 4.78 is 0. The van der Waals surface area contributed by atoms with Crippen molar-refractivity contribution < 1.29 is 10.2 Å². The number of aromatic nitrogens is 1. The highest BCUT2D eigenvalue weighted by atomic mass is 16.3. The first-order valence-electron chi connectivity index (χ1n) is 7.43. The van der Waals surface area contributed by atoms with E-state index in [-0.39, 0.29) is 0 Å². The summed E-state index contributed by atoms with van der Waals surface area (Å²) >= 11 is 0. The average Bonchev–Trinajstić information content (AvgIpc) is 2.46. The van der Waals surface area contributed by atoms with Crippen LogP contribution in [0.15, 0.2) is 30.5 Å². The van der Waals surface area contributed by atoms with Crippen LogP contribution in [-0.2, 0) is 6.54 Å². The summed E-state index contributed by atoms with van der Waals surface area (Å²) in [6.07, 6.45) is 1.72. The molecule has 4 nitrogen and oxygen atoms in total. The normalized spacial score (nSPS) is 27.1. The largest absolute Gasteiger partial charge is 0.389 e. The highest BCUT2D eigenvalue weighted by molar-refractivity contribution is 5.84. The lowest BCUT2D eigenvalue weighted by Crippen LogP contribution is -2.53. The first-order chi connectivity index (χ1) is 9.97. The molecule has 0 radical (unpaired) electrons. The van der Waals surface area contributed by atoms with E-state index in [0.717, 1.165) is 18.6 Å². The molecule has 1 saturated heterocycles. The van der Waals surface area contributed by atoms with Crippen LogP contribution in [0.25, 0.3) is 10.9 Å². The minimum Gasteiger partial charge on any atom is -0.389 e. The lowest BCUT2D eigenvalue weighted by molar-refractivity contribution is -0.108. The van der Waals surface area contributed by atoms with Crippen LogP contribution in [0.2, 0.25) is 0 Å². The van der Waals surface area contributed by atoms with E-state index < -0.39 is 11.7 Å². The molecule has 0 unspecified atom stereocenters. The molecule has 1 aliphatic heterocycles. The zero-order valence-corrected chi connectivity index (χ0v) is 12.6. The Labute approximate surface area is 125 Å². The quantitative estimate of drug-likeness (QED) is 0.885. The van der Waals surface area contributed by atoms with Crippen molar-refractivity contribution in [3.05, 3.63) is 41.6 Å². The van der Waals surface area contributed by atoms with Gasteiger partial charge in [0.15, 0.2) is 0 Å². The second-order valence-electron chi connectivity index (χ2n) is 6.30. The summed E-state index contributed by atoms with van der Waals surface area (Å²) in [6.45, 7) is 5.85. The van der Waals surface area contributed by atoms with E-state index in [9.17, 15) is 10.2 Å². The number of aliphatic hydroxyl groups excluding tert-OH is 1. The van der Waals surface area contributed by atoms with Crippen LogP contribution < -0.4 is 0 Å². The average molecular weight is 286 g/mol. The molecule has 1 aromatic heterocycles.